The van der Waals surface area contributed by atoms with E-state index in [0.717, 1.165) is 0 Å². The van der Waals surface area contributed by atoms with Gasteiger partial charge in [0.05, 0.1) is 11.0 Å². The summed E-state index contributed by atoms with van der Waals surface area (Å²) in [4.78, 5) is 21.6. The molecule has 0 aliphatic heterocycles. The second-order valence-corrected chi connectivity index (χ2v) is 5.43. The number of non-ortho nitro benzene ring substituents is 1. The lowest BCUT2D eigenvalue weighted by Crippen LogP contribution is -2.56. The van der Waals surface area contributed by atoms with E-state index in [0.29, 0.717) is 11.3 Å². The average molecular weight is 296 g/mol. The standard InChI is InChI=1S/C14H20N2O5/c1-9(2)15-14(4,13(17)18)8-21-12-7-11(16(19)20)6-5-10(12)3/h5-7,9,15H,8H2,1-4H3,(H,17,18). The molecule has 1 rings (SSSR count). The Kier molecular flexibility index (Phi) is 5.26. The van der Waals surface area contributed by atoms with Crippen molar-refractivity contribution in [1.29, 1.82) is 0 Å². The van der Waals surface area contributed by atoms with Gasteiger partial charge in [-0.15, -0.1) is 0 Å². The van der Waals surface area contributed by atoms with Crippen LogP contribution < -0.4 is 10.1 Å². The van der Waals surface area contributed by atoms with E-state index in [4.69, 9.17) is 4.74 Å². The third-order valence-electron chi connectivity index (χ3n) is 2.98. The Morgan fingerprint density at radius 1 is 1.52 bits per heavy atom. The number of carbonyl (C=O) groups is 1. The van der Waals surface area contributed by atoms with Crippen LogP contribution in [0.4, 0.5) is 5.69 Å². The van der Waals surface area contributed by atoms with Crippen molar-refractivity contribution >= 4 is 11.7 Å². The zero-order chi connectivity index (χ0) is 16.2. The number of ether oxygens (including phenoxy) is 1. The van der Waals surface area contributed by atoms with Crippen LogP contribution in [0.3, 0.4) is 0 Å². The van der Waals surface area contributed by atoms with Crippen molar-refractivity contribution in [2.75, 3.05) is 6.61 Å². The number of hydrogen-bond donors (Lipinski definition) is 2. The first kappa shape index (κ1) is 16.9. The quantitative estimate of drug-likeness (QED) is 0.590. The number of nitro benzene ring substituents is 1. The minimum atomic E-state index is -1.27. The van der Waals surface area contributed by atoms with Gasteiger partial charge >= 0.3 is 5.97 Å². The molecule has 0 spiro atoms. The van der Waals surface area contributed by atoms with Crippen molar-refractivity contribution in [1.82, 2.24) is 5.32 Å². The van der Waals surface area contributed by atoms with Crippen LogP contribution >= 0.6 is 0 Å². The van der Waals surface area contributed by atoms with Gasteiger partial charge in [-0.3, -0.25) is 20.2 Å². The summed E-state index contributed by atoms with van der Waals surface area (Å²) in [6.45, 7) is 6.79. The Balaban J connectivity index is 2.92. The number of aryl methyl sites for hydroxylation is 1. The highest BCUT2D eigenvalue weighted by Crippen LogP contribution is 2.25. The fraction of sp³-hybridized carbons (Fsp3) is 0.500. The largest absolute Gasteiger partial charge is 0.491 e. The molecule has 7 nitrogen and oxygen atoms in total. The zero-order valence-corrected chi connectivity index (χ0v) is 12.5. The molecule has 1 aromatic rings. The molecule has 1 atom stereocenters. The van der Waals surface area contributed by atoms with Crippen LogP contribution in [0.15, 0.2) is 18.2 Å². The molecule has 0 saturated carbocycles. The van der Waals surface area contributed by atoms with Crippen molar-refractivity contribution < 1.29 is 19.6 Å². The molecule has 1 aromatic carbocycles. The predicted molar refractivity (Wildman–Crippen MR) is 77.6 cm³/mol. The van der Waals surface area contributed by atoms with Gasteiger partial charge in [-0.25, -0.2) is 0 Å². The van der Waals surface area contributed by atoms with Gasteiger partial charge in [-0.05, 0) is 39.3 Å². The summed E-state index contributed by atoms with van der Waals surface area (Å²) in [5.74, 6) is -0.735. The lowest BCUT2D eigenvalue weighted by Gasteiger charge is -2.28. The topological polar surface area (TPSA) is 102 Å². The van der Waals surface area contributed by atoms with Crippen LogP contribution in [-0.4, -0.2) is 34.2 Å². The maximum Gasteiger partial charge on any atom is 0.327 e. The average Bonchev–Trinajstić information content (AvgIpc) is 2.36. The Bertz CT molecular complexity index is 544. The van der Waals surface area contributed by atoms with Crippen molar-refractivity contribution in [3.63, 3.8) is 0 Å². The number of carboxylic acid groups (broad SMARTS) is 1. The van der Waals surface area contributed by atoms with Gasteiger partial charge in [0.25, 0.3) is 5.69 Å². The molecular weight excluding hydrogens is 276 g/mol. The van der Waals surface area contributed by atoms with Gasteiger partial charge in [0.2, 0.25) is 0 Å². The lowest BCUT2D eigenvalue weighted by molar-refractivity contribution is -0.385. The van der Waals surface area contributed by atoms with Gasteiger partial charge in [-0.2, -0.15) is 0 Å². The van der Waals surface area contributed by atoms with Gasteiger partial charge in [-0.1, -0.05) is 0 Å². The zero-order valence-electron chi connectivity index (χ0n) is 12.5. The Hall–Kier alpha value is -2.15. The van der Waals surface area contributed by atoms with E-state index < -0.39 is 16.4 Å². The first-order valence-electron chi connectivity index (χ1n) is 6.54. The molecule has 21 heavy (non-hydrogen) atoms. The van der Waals surface area contributed by atoms with Crippen molar-refractivity contribution in [3.05, 3.63) is 33.9 Å². The maximum absolute atomic E-state index is 11.4. The van der Waals surface area contributed by atoms with Crippen molar-refractivity contribution in [3.8, 4) is 5.75 Å². The first-order valence-corrected chi connectivity index (χ1v) is 6.54. The van der Waals surface area contributed by atoms with E-state index in [9.17, 15) is 20.0 Å². The van der Waals surface area contributed by atoms with Crippen LogP contribution in [0.2, 0.25) is 0 Å². The number of aliphatic carboxylic acids is 1. The second-order valence-electron chi connectivity index (χ2n) is 5.43. The van der Waals surface area contributed by atoms with Gasteiger partial charge in [0.15, 0.2) is 0 Å². The van der Waals surface area contributed by atoms with Crippen LogP contribution in [0.1, 0.15) is 26.3 Å². The molecular formula is C14H20N2O5. The number of carboxylic acids is 1. The highest BCUT2D eigenvalue weighted by atomic mass is 16.6. The summed E-state index contributed by atoms with van der Waals surface area (Å²) < 4.78 is 5.51. The minimum absolute atomic E-state index is 0.0408. The third kappa shape index (κ3) is 4.42. The Labute approximate surface area is 123 Å². The fourth-order valence-corrected chi connectivity index (χ4v) is 1.88. The fourth-order valence-electron chi connectivity index (χ4n) is 1.88. The molecule has 0 aliphatic rings. The molecule has 0 amide bonds. The van der Waals surface area contributed by atoms with Crippen LogP contribution in [0.25, 0.3) is 0 Å². The van der Waals surface area contributed by atoms with E-state index in [1.165, 1.54) is 19.1 Å². The first-order chi connectivity index (χ1) is 9.65. The number of nitro groups is 1. The maximum atomic E-state index is 11.4. The second kappa shape index (κ2) is 6.53. The van der Waals surface area contributed by atoms with Crippen LogP contribution in [0.5, 0.6) is 5.75 Å². The lowest BCUT2D eigenvalue weighted by atomic mass is 10.0. The van der Waals surface area contributed by atoms with E-state index in [1.807, 2.05) is 13.8 Å². The van der Waals surface area contributed by atoms with E-state index >= 15 is 0 Å². The molecule has 1 unspecified atom stereocenters. The molecule has 0 aromatic heterocycles. The predicted octanol–water partition coefficient (Wildman–Crippen LogP) is 2.12. The van der Waals surface area contributed by atoms with Gasteiger partial charge in [0, 0.05) is 12.1 Å². The summed E-state index contributed by atoms with van der Waals surface area (Å²) in [7, 11) is 0. The molecule has 0 bridgehead atoms. The third-order valence-corrected chi connectivity index (χ3v) is 2.98. The molecule has 0 fully saturated rings. The molecule has 116 valence electrons. The number of nitrogens with one attached hydrogen (secondary N) is 1. The van der Waals surface area contributed by atoms with Gasteiger partial charge in [0.1, 0.15) is 17.9 Å². The van der Waals surface area contributed by atoms with E-state index in [2.05, 4.69) is 5.32 Å². The summed E-state index contributed by atoms with van der Waals surface area (Å²) in [5, 5.41) is 23.0. The molecule has 0 radical (unpaired) electrons. The van der Waals surface area contributed by atoms with Crippen LogP contribution in [-0.2, 0) is 4.79 Å². The molecule has 2 N–H and O–H groups in total. The minimum Gasteiger partial charge on any atom is -0.491 e. The SMILES string of the molecule is Cc1ccc([N+](=O)[O-])cc1OCC(C)(NC(C)C)C(=O)O. The summed E-state index contributed by atoms with van der Waals surface area (Å²) in [5.41, 5.74) is -0.659. The molecule has 0 heterocycles. The summed E-state index contributed by atoms with van der Waals surface area (Å²) in [6, 6.07) is 4.21. The van der Waals surface area contributed by atoms with Crippen molar-refractivity contribution in [2.45, 2.75) is 39.3 Å². The van der Waals surface area contributed by atoms with Gasteiger partial charge < -0.3 is 9.84 Å². The Morgan fingerprint density at radius 3 is 2.62 bits per heavy atom. The number of nitrogens with zero attached hydrogens (tertiary/aromatic N) is 1. The number of benzene rings is 1. The molecule has 0 saturated heterocycles. The highest BCUT2D eigenvalue weighted by Gasteiger charge is 2.34. The number of hydrogen-bond acceptors (Lipinski definition) is 5. The molecule has 0 aliphatic carbocycles. The monoisotopic (exact) mass is 296 g/mol. The summed E-state index contributed by atoms with van der Waals surface area (Å²) in [6.07, 6.45) is 0. The van der Waals surface area contributed by atoms with E-state index in [-0.39, 0.29) is 18.3 Å². The summed E-state index contributed by atoms with van der Waals surface area (Å²) >= 11 is 0. The van der Waals surface area contributed by atoms with Crippen LogP contribution in [0, 0.1) is 17.0 Å². The van der Waals surface area contributed by atoms with Crippen molar-refractivity contribution in [2.24, 2.45) is 0 Å². The normalized spacial score (nSPS) is 13.8. The van der Waals surface area contributed by atoms with E-state index in [1.54, 1.807) is 13.0 Å². The Morgan fingerprint density at radius 2 is 2.14 bits per heavy atom. The number of rotatable bonds is 7. The highest BCUT2D eigenvalue weighted by molar-refractivity contribution is 5.78. The molecule has 7 heteroatoms. The smallest absolute Gasteiger partial charge is 0.327 e.